The fourth-order valence-electron chi connectivity index (χ4n) is 4.36. The normalized spacial score (nSPS) is 23.0. The van der Waals surface area contributed by atoms with Crippen LogP contribution in [0.3, 0.4) is 0 Å². The molecule has 2 amide bonds. The number of likely N-dealkylation sites (tertiary alicyclic amines) is 2. The summed E-state index contributed by atoms with van der Waals surface area (Å²) in [6, 6.07) is 7.59. The highest BCUT2D eigenvalue weighted by Gasteiger charge is 2.42. The van der Waals surface area contributed by atoms with Crippen LogP contribution in [-0.2, 0) is 11.2 Å². The molecule has 0 saturated carbocycles. The number of rotatable bonds is 4. The number of pyridine rings is 1. The Balaban J connectivity index is 1.42. The smallest absolute Gasteiger partial charge is 0.271 e. The number of carbonyl (C=O) groups is 2. The molecule has 1 atom stereocenters. The van der Waals surface area contributed by atoms with Crippen LogP contribution in [0.1, 0.15) is 41.9 Å². The van der Waals surface area contributed by atoms with E-state index in [1.807, 2.05) is 28.0 Å². The molecule has 2 fully saturated rings. The summed E-state index contributed by atoms with van der Waals surface area (Å²) in [7, 11) is 0. The van der Waals surface area contributed by atoms with Crippen LogP contribution in [0.15, 0.2) is 36.7 Å². The van der Waals surface area contributed by atoms with Crippen molar-refractivity contribution in [3.63, 3.8) is 0 Å². The molecule has 27 heavy (non-hydrogen) atoms. The summed E-state index contributed by atoms with van der Waals surface area (Å²) in [5, 5.41) is 6.65. The number of nitrogens with zero attached hydrogens (tertiary/aromatic N) is 4. The highest BCUT2D eigenvalue weighted by molar-refractivity contribution is 5.92. The van der Waals surface area contributed by atoms with Crippen molar-refractivity contribution >= 4 is 11.8 Å². The lowest BCUT2D eigenvalue weighted by atomic mass is 9.73. The predicted octanol–water partition coefficient (Wildman–Crippen LogP) is 1.89. The van der Waals surface area contributed by atoms with Crippen molar-refractivity contribution in [1.29, 1.82) is 0 Å². The molecule has 7 heteroatoms. The van der Waals surface area contributed by atoms with Gasteiger partial charge in [0.05, 0.1) is 0 Å². The summed E-state index contributed by atoms with van der Waals surface area (Å²) in [5.41, 5.74) is 1.54. The van der Waals surface area contributed by atoms with E-state index < -0.39 is 0 Å². The Hall–Kier alpha value is -2.70. The minimum absolute atomic E-state index is 0.00325. The van der Waals surface area contributed by atoms with Crippen molar-refractivity contribution in [2.24, 2.45) is 5.41 Å². The Kier molecular flexibility index (Phi) is 4.92. The Morgan fingerprint density at radius 3 is 2.89 bits per heavy atom. The molecule has 142 valence electrons. The maximum Gasteiger partial charge on any atom is 0.271 e. The largest absolute Gasteiger partial charge is 0.342 e. The maximum atomic E-state index is 12.7. The second kappa shape index (κ2) is 7.50. The number of piperidine rings is 2. The monoisotopic (exact) mass is 367 g/mol. The van der Waals surface area contributed by atoms with Crippen molar-refractivity contribution in [2.75, 3.05) is 26.2 Å². The molecule has 2 aliphatic heterocycles. The SMILES string of the molecule is O=C1CCC2(CCCN(C(=O)c3ccn[nH]3)C2)CN1CCc1ccccn1. The molecule has 4 rings (SSSR count). The minimum Gasteiger partial charge on any atom is -0.342 e. The topological polar surface area (TPSA) is 82.2 Å². The van der Waals surface area contributed by atoms with E-state index in [9.17, 15) is 9.59 Å². The molecule has 4 heterocycles. The zero-order valence-electron chi connectivity index (χ0n) is 15.4. The van der Waals surface area contributed by atoms with Crippen molar-refractivity contribution in [3.8, 4) is 0 Å². The Morgan fingerprint density at radius 1 is 1.19 bits per heavy atom. The number of hydrogen-bond donors (Lipinski definition) is 1. The molecule has 1 spiro atoms. The highest BCUT2D eigenvalue weighted by Crippen LogP contribution is 2.39. The number of carbonyl (C=O) groups excluding carboxylic acids is 2. The fourth-order valence-corrected chi connectivity index (χ4v) is 4.36. The first kappa shape index (κ1) is 17.7. The first-order chi connectivity index (χ1) is 13.2. The molecule has 2 saturated heterocycles. The van der Waals surface area contributed by atoms with E-state index >= 15 is 0 Å². The molecular formula is C20H25N5O2. The maximum absolute atomic E-state index is 12.7. The summed E-state index contributed by atoms with van der Waals surface area (Å²) in [6.45, 7) is 2.89. The molecule has 0 bridgehead atoms. The fraction of sp³-hybridized carbons (Fsp3) is 0.500. The quantitative estimate of drug-likeness (QED) is 0.895. The molecule has 0 aromatic carbocycles. The minimum atomic E-state index is 0.00325. The van der Waals surface area contributed by atoms with E-state index in [1.54, 1.807) is 18.5 Å². The highest BCUT2D eigenvalue weighted by atomic mass is 16.2. The van der Waals surface area contributed by atoms with Gasteiger partial charge in [-0.1, -0.05) is 6.07 Å². The van der Waals surface area contributed by atoms with E-state index in [4.69, 9.17) is 0 Å². The molecule has 1 unspecified atom stereocenters. The van der Waals surface area contributed by atoms with Gasteiger partial charge in [0.1, 0.15) is 5.69 Å². The summed E-state index contributed by atoms with van der Waals surface area (Å²) < 4.78 is 0. The lowest BCUT2D eigenvalue weighted by Crippen LogP contribution is -2.55. The lowest BCUT2D eigenvalue weighted by molar-refractivity contribution is -0.138. The van der Waals surface area contributed by atoms with Gasteiger partial charge in [0.15, 0.2) is 0 Å². The number of aromatic nitrogens is 3. The van der Waals surface area contributed by atoms with Crippen LogP contribution in [0.4, 0.5) is 0 Å². The van der Waals surface area contributed by atoms with Gasteiger partial charge in [-0.3, -0.25) is 19.7 Å². The van der Waals surface area contributed by atoms with Crippen LogP contribution >= 0.6 is 0 Å². The second-order valence-electron chi connectivity index (χ2n) is 7.69. The third kappa shape index (κ3) is 3.86. The van der Waals surface area contributed by atoms with Crippen molar-refractivity contribution in [1.82, 2.24) is 25.0 Å². The molecule has 7 nitrogen and oxygen atoms in total. The summed E-state index contributed by atoms with van der Waals surface area (Å²) in [5.74, 6) is 0.220. The third-order valence-electron chi connectivity index (χ3n) is 5.79. The van der Waals surface area contributed by atoms with Crippen molar-refractivity contribution < 1.29 is 9.59 Å². The average molecular weight is 367 g/mol. The van der Waals surface area contributed by atoms with Crippen molar-refractivity contribution in [3.05, 3.63) is 48.0 Å². The lowest BCUT2D eigenvalue weighted by Gasteiger charge is -2.48. The molecule has 0 aliphatic carbocycles. The predicted molar refractivity (Wildman–Crippen MR) is 99.9 cm³/mol. The summed E-state index contributed by atoms with van der Waals surface area (Å²) in [6.07, 6.45) is 7.61. The zero-order valence-corrected chi connectivity index (χ0v) is 15.4. The van der Waals surface area contributed by atoms with E-state index in [-0.39, 0.29) is 17.2 Å². The van der Waals surface area contributed by atoms with Crippen LogP contribution in [0.5, 0.6) is 0 Å². The number of nitrogens with one attached hydrogen (secondary N) is 1. The molecule has 2 aromatic rings. The summed E-state index contributed by atoms with van der Waals surface area (Å²) in [4.78, 5) is 33.4. The first-order valence-electron chi connectivity index (χ1n) is 9.62. The van der Waals surface area contributed by atoms with Gasteiger partial charge >= 0.3 is 0 Å². The molecular weight excluding hydrogens is 342 g/mol. The van der Waals surface area contributed by atoms with Gasteiger partial charge in [0.2, 0.25) is 5.91 Å². The van der Waals surface area contributed by atoms with Crippen LogP contribution in [-0.4, -0.2) is 63.0 Å². The first-order valence-corrected chi connectivity index (χ1v) is 9.62. The van der Waals surface area contributed by atoms with Gasteiger partial charge in [0.25, 0.3) is 5.91 Å². The molecule has 2 aromatic heterocycles. The van der Waals surface area contributed by atoms with E-state index in [0.29, 0.717) is 25.2 Å². The van der Waals surface area contributed by atoms with Crippen molar-refractivity contribution in [2.45, 2.75) is 32.1 Å². The van der Waals surface area contributed by atoms with Crippen LogP contribution in [0, 0.1) is 5.41 Å². The Labute approximate surface area is 158 Å². The van der Waals surface area contributed by atoms with Gasteiger partial charge < -0.3 is 9.80 Å². The molecule has 0 radical (unpaired) electrons. The second-order valence-corrected chi connectivity index (χ2v) is 7.69. The Morgan fingerprint density at radius 2 is 2.11 bits per heavy atom. The van der Waals surface area contributed by atoms with E-state index in [0.717, 1.165) is 44.5 Å². The number of H-pyrrole nitrogens is 1. The molecule has 2 aliphatic rings. The number of aromatic amines is 1. The number of hydrogen-bond acceptors (Lipinski definition) is 4. The number of amides is 2. The van der Waals surface area contributed by atoms with E-state index in [2.05, 4.69) is 15.2 Å². The van der Waals surface area contributed by atoms with Crippen LogP contribution in [0.2, 0.25) is 0 Å². The third-order valence-corrected chi connectivity index (χ3v) is 5.79. The van der Waals surface area contributed by atoms with Gasteiger partial charge in [0, 0.05) is 62.5 Å². The standard InChI is InChI=1S/C20H25N5O2/c26-18-5-9-20(14-24(18)13-7-16-4-1-2-10-21-16)8-3-12-25(15-20)19(27)17-6-11-22-23-17/h1-2,4,6,10-11H,3,5,7-9,12-15H2,(H,22,23). The Bertz CT molecular complexity index is 792. The van der Waals surface area contributed by atoms with Gasteiger partial charge in [-0.2, -0.15) is 5.10 Å². The molecule has 1 N–H and O–H groups in total. The van der Waals surface area contributed by atoms with Gasteiger partial charge in [-0.15, -0.1) is 0 Å². The average Bonchev–Trinajstić information content (AvgIpc) is 3.24. The van der Waals surface area contributed by atoms with Gasteiger partial charge in [-0.05, 0) is 37.5 Å². The zero-order chi connectivity index (χ0) is 18.7. The van der Waals surface area contributed by atoms with Crippen LogP contribution in [0.25, 0.3) is 0 Å². The summed E-state index contributed by atoms with van der Waals surface area (Å²) >= 11 is 0. The van der Waals surface area contributed by atoms with E-state index in [1.165, 1.54) is 0 Å². The van der Waals surface area contributed by atoms with Crippen LogP contribution < -0.4 is 0 Å². The van der Waals surface area contributed by atoms with Gasteiger partial charge in [-0.25, -0.2) is 0 Å².